The minimum absolute atomic E-state index is 0.0365. The molecule has 4 nitrogen and oxygen atoms in total. The van der Waals surface area contributed by atoms with E-state index in [9.17, 15) is 5.11 Å². The highest BCUT2D eigenvalue weighted by atomic mass is 32.2. The molecule has 0 aliphatic carbocycles. The van der Waals surface area contributed by atoms with Crippen molar-refractivity contribution in [3.63, 3.8) is 0 Å². The van der Waals surface area contributed by atoms with Crippen LogP contribution in [0, 0.1) is 5.92 Å². The Kier molecular flexibility index (Phi) is 7.44. The van der Waals surface area contributed by atoms with Crippen molar-refractivity contribution in [3.05, 3.63) is 53.6 Å². The van der Waals surface area contributed by atoms with Crippen molar-refractivity contribution in [1.29, 1.82) is 0 Å². The molecule has 1 aromatic carbocycles. The predicted octanol–water partition coefficient (Wildman–Crippen LogP) is 6.68. The highest BCUT2D eigenvalue weighted by Gasteiger charge is 2.57. The molecule has 5 heteroatoms. The van der Waals surface area contributed by atoms with Crippen LogP contribution in [0.5, 0.6) is 0 Å². The van der Waals surface area contributed by atoms with E-state index in [2.05, 4.69) is 57.2 Å². The van der Waals surface area contributed by atoms with E-state index in [4.69, 9.17) is 14.2 Å². The molecule has 0 saturated carbocycles. The standard InChI is InChI=1S/C29H42O4S/c1-19-13-15-23-20(2)14-16-25(31-23)29(7)26(32-28(5,6)33-29)18-22(27(3,4)30)24(17-19)34-21-11-9-8-10-12-21/h8-12,14,17,22-26,30H,13,15-16,18H2,1-7H3/b19-17+/t22?,23-,24?,25+,26-,29+/m0/s1. The molecule has 188 valence electrons. The molecule has 1 saturated heterocycles. The zero-order chi connectivity index (χ0) is 24.7. The summed E-state index contributed by atoms with van der Waals surface area (Å²) >= 11 is 1.83. The molecule has 1 fully saturated rings. The molecule has 3 aliphatic rings. The van der Waals surface area contributed by atoms with Crippen molar-refractivity contribution in [2.24, 2.45) is 5.92 Å². The SMILES string of the molecule is CC1=CC[C@H]2O[C@H]1CC/C(C)=C/C(Sc1ccccc1)C(C(C)(C)O)C[C@@H]1OC(C)(C)O[C@@]12C. The second kappa shape index (κ2) is 9.74. The Morgan fingerprint density at radius 1 is 1.06 bits per heavy atom. The molecule has 0 aromatic heterocycles. The Morgan fingerprint density at radius 3 is 2.44 bits per heavy atom. The fourth-order valence-corrected chi connectivity index (χ4v) is 7.29. The van der Waals surface area contributed by atoms with Crippen LogP contribution in [0.2, 0.25) is 0 Å². The minimum atomic E-state index is -0.892. The average Bonchev–Trinajstić information content (AvgIpc) is 2.99. The summed E-state index contributed by atoms with van der Waals surface area (Å²) < 4.78 is 19.9. The van der Waals surface area contributed by atoms with Crippen LogP contribution < -0.4 is 0 Å². The average molecular weight is 487 g/mol. The summed E-state index contributed by atoms with van der Waals surface area (Å²) in [5, 5.41) is 11.6. The second-order valence-electron chi connectivity index (χ2n) is 11.5. The van der Waals surface area contributed by atoms with E-state index in [1.165, 1.54) is 16.0 Å². The fraction of sp³-hybridized carbons (Fsp3) is 0.655. The number of hydrogen-bond donors (Lipinski definition) is 1. The molecule has 0 amide bonds. The predicted molar refractivity (Wildman–Crippen MR) is 139 cm³/mol. The third-order valence-electron chi connectivity index (χ3n) is 7.70. The number of ether oxygens (including phenoxy) is 3. The second-order valence-corrected chi connectivity index (χ2v) is 12.8. The van der Waals surface area contributed by atoms with Crippen molar-refractivity contribution >= 4 is 11.8 Å². The van der Waals surface area contributed by atoms with Crippen molar-refractivity contribution < 1.29 is 19.3 Å². The van der Waals surface area contributed by atoms with Gasteiger partial charge in [0.05, 0.1) is 23.9 Å². The van der Waals surface area contributed by atoms with Crippen molar-refractivity contribution in [3.8, 4) is 0 Å². The Bertz CT molecular complexity index is 916. The molecule has 2 unspecified atom stereocenters. The van der Waals surface area contributed by atoms with Crippen molar-refractivity contribution in [2.45, 2.75) is 120 Å². The summed E-state index contributed by atoms with van der Waals surface area (Å²) in [6.07, 6.45) is 7.93. The number of hydrogen-bond acceptors (Lipinski definition) is 5. The third-order valence-corrected chi connectivity index (χ3v) is 8.98. The molecule has 34 heavy (non-hydrogen) atoms. The Hall–Kier alpha value is -1.11. The summed E-state index contributed by atoms with van der Waals surface area (Å²) in [5.41, 5.74) is 1.16. The van der Waals surface area contributed by atoms with Crippen LogP contribution >= 0.6 is 11.8 Å². The molecular weight excluding hydrogens is 444 g/mol. The van der Waals surface area contributed by atoms with Gasteiger partial charge in [-0.1, -0.05) is 35.9 Å². The molecular formula is C29H42O4S. The summed E-state index contributed by atoms with van der Waals surface area (Å²) in [4.78, 5) is 1.21. The number of rotatable bonds is 3. The first-order chi connectivity index (χ1) is 15.9. The van der Waals surface area contributed by atoms with Gasteiger partial charge in [-0.25, -0.2) is 0 Å². The van der Waals surface area contributed by atoms with Gasteiger partial charge in [-0.15, -0.1) is 11.8 Å². The Labute approximate surface area is 210 Å². The molecule has 3 aliphatic heterocycles. The number of aliphatic hydroxyl groups is 1. The van der Waals surface area contributed by atoms with Crippen molar-refractivity contribution in [1.82, 2.24) is 0 Å². The smallest absolute Gasteiger partial charge is 0.164 e. The lowest BCUT2D eigenvalue weighted by molar-refractivity contribution is -0.194. The normalized spacial score (nSPS) is 38.1. The summed E-state index contributed by atoms with van der Waals surface area (Å²) in [6.45, 7) is 14.4. The summed E-state index contributed by atoms with van der Waals surface area (Å²) in [7, 11) is 0. The number of thioether (sulfide) groups is 1. The van der Waals surface area contributed by atoms with Crippen molar-refractivity contribution in [2.75, 3.05) is 0 Å². The first-order valence-corrected chi connectivity index (χ1v) is 13.6. The summed E-state index contributed by atoms with van der Waals surface area (Å²) in [6, 6.07) is 10.5. The van der Waals surface area contributed by atoms with Crippen LogP contribution in [0.1, 0.15) is 74.1 Å². The van der Waals surface area contributed by atoms with Crippen LogP contribution in [0.25, 0.3) is 0 Å². The first-order valence-electron chi connectivity index (χ1n) is 12.7. The monoisotopic (exact) mass is 486 g/mol. The zero-order valence-electron chi connectivity index (χ0n) is 21.8. The minimum Gasteiger partial charge on any atom is -0.390 e. The van der Waals surface area contributed by atoms with E-state index >= 15 is 0 Å². The van der Waals surface area contributed by atoms with E-state index in [-0.39, 0.29) is 29.5 Å². The van der Waals surface area contributed by atoms with Gasteiger partial charge in [0.25, 0.3) is 0 Å². The molecule has 3 heterocycles. The fourth-order valence-electron chi connectivity index (χ4n) is 5.75. The molecule has 6 atom stereocenters. The first kappa shape index (κ1) is 26.0. The van der Waals surface area contributed by atoms with Gasteiger partial charge in [0, 0.05) is 16.1 Å². The summed E-state index contributed by atoms with van der Waals surface area (Å²) in [5.74, 6) is -0.738. The van der Waals surface area contributed by atoms with Crippen LogP contribution in [-0.4, -0.2) is 45.7 Å². The quantitative estimate of drug-likeness (QED) is 0.483. The lowest BCUT2D eigenvalue weighted by atomic mass is 9.76. The van der Waals surface area contributed by atoms with E-state index in [1.807, 2.05) is 45.5 Å². The lowest BCUT2D eigenvalue weighted by Crippen LogP contribution is -2.53. The third kappa shape index (κ3) is 5.65. The maximum atomic E-state index is 11.4. The van der Waals surface area contributed by atoms with E-state index in [1.54, 1.807) is 0 Å². The van der Waals surface area contributed by atoms with E-state index in [0.29, 0.717) is 6.42 Å². The topological polar surface area (TPSA) is 47.9 Å². The van der Waals surface area contributed by atoms with Gasteiger partial charge in [0.1, 0.15) is 5.60 Å². The number of benzene rings is 1. The molecule has 1 aromatic rings. The molecule has 4 rings (SSSR count). The zero-order valence-corrected chi connectivity index (χ0v) is 22.7. The lowest BCUT2D eigenvalue weighted by Gasteiger charge is -2.44. The van der Waals surface area contributed by atoms with Gasteiger partial charge in [0.2, 0.25) is 0 Å². The Balaban J connectivity index is 1.77. The highest BCUT2D eigenvalue weighted by molar-refractivity contribution is 8.00. The van der Waals surface area contributed by atoms with Gasteiger partial charge >= 0.3 is 0 Å². The van der Waals surface area contributed by atoms with Crippen LogP contribution in [0.15, 0.2) is 58.5 Å². The Morgan fingerprint density at radius 2 is 1.76 bits per heavy atom. The van der Waals surface area contributed by atoms with Crippen LogP contribution in [0.3, 0.4) is 0 Å². The van der Waals surface area contributed by atoms with Crippen LogP contribution in [-0.2, 0) is 14.2 Å². The number of allylic oxidation sites excluding steroid dienone is 1. The van der Waals surface area contributed by atoms with E-state index in [0.717, 1.165) is 19.3 Å². The largest absolute Gasteiger partial charge is 0.390 e. The van der Waals surface area contributed by atoms with E-state index < -0.39 is 17.0 Å². The maximum absolute atomic E-state index is 11.4. The van der Waals surface area contributed by atoms with Gasteiger partial charge in [0.15, 0.2) is 5.79 Å². The molecule has 0 spiro atoms. The molecule has 2 bridgehead atoms. The molecule has 1 N–H and O–H groups in total. The van der Waals surface area contributed by atoms with Gasteiger partial charge in [-0.2, -0.15) is 0 Å². The highest BCUT2D eigenvalue weighted by Crippen LogP contribution is 2.48. The maximum Gasteiger partial charge on any atom is 0.164 e. The number of fused-ring (bicyclic) bond motifs is 4. The van der Waals surface area contributed by atoms with Gasteiger partial charge in [-0.3, -0.25) is 0 Å². The molecule has 0 radical (unpaired) electrons. The van der Waals surface area contributed by atoms with Gasteiger partial charge < -0.3 is 19.3 Å². The van der Waals surface area contributed by atoms with Crippen LogP contribution in [0.4, 0.5) is 0 Å². The van der Waals surface area contributed by atoms with Gasteiger partial charge in [-0.05, 0) is 91.9 Å².